The summed E-state index contributed by atoms with van der Waals surface area (Å²) in [7, 11) is 0. The molecular weight excluding hydrogens is 225 g/mol. The molecule has 5 nitrogen and oxygen atoms in total. The Bertz CT molecular complexity index is 525. The molecule has 17 heavy (non-hydrogen) atoms. The van der Waals surface area contributed by atoms with Crippen LogP contribution in [-0.2, 0) is 6.61 Å². The number of aromatic nitrogens is 3. The molecule has 0 spiro atoms. The third kappa shape index (κ3) is 2.25. The Labute approximate surface area is 96.6 Å². The molecule has 1 saturated carbocycles. The minimum absolute atomic E-state index is 0.0822. The summed E-state index contributed by atoms with van der Waals surface area (Å²) in [5.74, 6) is 0.931. The Hall–Kier alpha value is -1.98. The molecule has 2 heterocycles. The molecule has 0 N–H and O–H groups in total. The second kappa shape index (κ2) is 4.12. The summed E-state index contributed by atoms with van der Waals surface area (Å²) >= 11 is 0. The maximum absolute atomic E-state index is 13.1. The summed E-state index contributed by atoms with van der Waals surface area (Å²) in [6, 6.07) is 3.11. The highest BCUT2D eigenvalue weighted by molar-refractivity contribution is 5.17. The standard InChI is InChI=1S/C11H10FN3O2/c12-10-8(2-1-5-13-10)16-6-9-14-11(17-15-9)7-3-4-7/h1-2,5,7H,3-4,6H2. The van der Waals surface area contributed by atoms with Crippen molar-refractivity contribution in [2.45, 2.75) is 25.4 Å². The van der Waals surface area contributed by atoms with Gasteiger partial charge in [-0.2, -0.15) is 9.37 Å². The second-order valence-corrected chi connectivity index (χ2v) is 3.90. The topological polar surface area (TPSA) is 61.0 Å². The first-order valence-electron chi connectivity index (χ1n) is 5.39. The van der Waals surface area contributed by atoms with Gasteiger partial charge in [0.2, 0.25) is 11.7 Å². The van der Waals surface area contributed by atoms with Crippen LogP contribution in [0.25, 0.3) is 0 Å². The quantitative estimate of drug-likeness (QED) is 0.759. The number of rotatable bonds is 4. The molecule has 88 valence electrons. The molecule has 2 aromatic heterocycles. The maximum Gasteiger partial charge on any atom is 0.255 e. The van der Waals surface area contributed by atoms with E-state index in [2.05, 4.69) is 15.1 Å². The predicted molar refractivity (Wildman–Crippen MR) is 54.8 cm³/mol. The van der Waals surface area contributed by atoms with Gasteiger partial charge in [-0.25, -0.2) is 4.98 Å². The predicted octanol–water partition coefficient (Wildman–Crippen LogP) is 2.06. The molecule has 3 rings (SSSR count). The third-order valence-corrected chi connectivity index (χ3v) is 2.49. The number of pyridine rings is 1. The number of hydrogen-bond acceptors (Lipinski definition) is 5. The van der Waals surface area contributed by atoms with Crippen LogP contribution in [0.1, 0.15) is 30.5 Å². The van der Waals surface area contributed by atoms with Gasteiger partial charge >= 0.3 is 0 Å². The van der Waals surface area contributed by atoms with E-state index in [1.807, 2.05) is 0 Å². The first-order valence-corrected chi connectivity index (χ1v) is 5.39. The van der Waals surface area contributed by atoms with Gasteiger partial charge < -0.3 is 9.26 Å². The van der Waals surface area contributed by atoms with Gasteiger partial charge in [0, 0.05) is 12.1 Å². The zero-order chi connectivity index (χ0) is 11.7. The highest BCUT2D eigenvalue weighted by Gasteiger charge is 2.29. The SMILES string of the molecule is Fc1ncccc1OCc1noc(C2CC2)n1. The van der Waals surface area contributed by atoms with Gasteiger partial charge in [-0.1, -0.05) is 5.16 Å². The fraction of sp³-hybridized carbons (Fsp3) is 0.364. The van der Waals surface area contributed by atoms with Crippen molar-refractivity contribution in [1.82, 2.24) is 15.1 Å². The summed E-state index contributed by atoms with van der Waals surface area (Å²) in [5.41, 5.74) is 0. The van der Waals surface area contributed by atoms with Gasteiger partial charge in [0.05, 0.1) is 0 Å². The summed E-state index contributed by atoms with van der Waals surface area (Å²) in [6.07, 6.45) is 3.56. The molecule has 0 atom stereocenters. The zero-order valence-electron chi connectivity index (χ0n) is 8.97. The van der Waals surface area contributed by atoms with E-state index < -0.39 is 5.95 Å². The van der Waals surface area contributed by atoms with Gasteiger partial charge in [-0.3, -0.25) is 0 Å². The van der Waals surface area contributed by atoms with Crippen molar-refractivity contribution in [2.75, 3.05) is 0 Å². The molecule has 0 unspecified atom stereocenters. The summed E-state index contributed by atoms with van der Waals surface area (Å²) in [5, 5.41) is 3.77. The smallest absolute Gasteiger partial charge is 0.255 e. The van der Waals surface area contributed by atoms with E-state index in [-0.39, 0.29) is 12.4 Å². The first kappa shape index (κ1) is 10.2. The van der Waals surface area contributed by atoms with Crippen molar-refractivity contribution in [3.05, 3.63) is 36.0 Å². The molecule has 0 amide bonds. The van der Waals surface area contributed by atoms with Crippen LogP contribution in [-0.4, -0.2) is 15.1 Å². The van der Waals surface area contributed by atoms with Crippen LogP contribution in [0.4, 0.5) is 4.39 Å². The molecule has 0 aromatic carbocycles. The van der Waals surface area contributed by atoms with Crippen LogP contribution >= 0.6 is 0 Å². The van der Waals surface area contributed by atoms with Crippen LogP contribution in [0.3, 0.4) is 0 Å². The van der Waals surface area contributed by atoms with E-state index in [4.69, 9.17) is 9.26 Å². The Morgan fingerprint density at radius 1 is 1.47 bits per heavy atom. The lowest BCUT2D eigenvalue weighted by Crippen LogP contribution is -2.00. The summed E-state index contributed by atoms with van der Waals surface area (Å²) in [4.78, 5) is 7.65. The molecule has 1 aliphatic carbocycles. The minimum Gasteiger partial charge on any atom is -0.481 e. The Balaban J connectivity index is 1.65. The summed E-state index contributed by atoms with van der Waals surface area (Å²) < 4.78 is 23.4. The zero-order valence-corrected chi connectivity index (χ0v) is 8.97. The normalized spacial score (nSPS) is 14.9. The molecular formula is C11H10FN3O2. The fourth-order valence-electron chi connectivity index (χ4n) is 1.44. The van der Waals surface area contributed by atoms with Crippen molar-refractivity contribution in [2.24, 2.45) is 0 Å². The van der Waals surface area contributed by atoms with E-state index in [9.17, 15) is 4.39 Å². The lowest BCUT2D eigenvalue weighted by molar-refractivity contribution is 0.269. The average molecular weight is 235 g/mol. The largest absolute Gasteiger partial charge is 0.481 e. The number of hydrogen-bond donors (Lipinski definition) is 0. The van der Waals surface area contributed by atoms with Crippen LogP contribution in [0.5, 0.6) is 5.75 Å². The molecule has 0 saturated heterocycles. The van der Waals surface area contributed by atoms with Crippen molar-refractivity contribution < 1.29 is 13.7 Å². The van der Waals surface area contributed by atoms with Crippen molar-refractivity contribution in [3.8, 4) is 5.75 Å². The van der Waals surface area contributed by atoms with Gasteiger partial charge in [0.15, 0.2) is 12.4 Å². The van der Waals surface area contributed by atoms with Crippen molar-refractivity contribution in [3.63, 3.8) is 0 Å². The third-order valence-electron chi connectivity index (χ3n) is 2.49. The lowest BCUT2D eigenvalue weighted by Gasteiger charge is -2.02. The summed E-state index contributed by atoms with van der Waals surface area (Å²) in [6.45, 7) is 0.0822. The number of ether oxygens (including phenoxy) is 1. The van der Waals surface area contributed by atoms with E-state index in [0.29, 0.717) is 17.6 Å². The maximum atomic E-state index is 13.1. The molecule has 0 bridgehead atoms. The van der Waals surface area contributed by atoms with Crippen LogP contribution in [0.15, 0.2) is 22.9 Å². The molecule has 0 radical (unpaired) electrons. The van der Waals surface area contributed by atoms with E-state index in [1.54, 1.807) is 6.07 Å². The van der Waals surface area contributed by atoms with E-state index >= 15 is 0 Å². The van der Waals surface area contributed by atoms with Gasteiger partial charge in [0.25, 0.3) is 5.95 Å². The minimum atomic E-state index is -0.640. The molecule has 6 heteroatoms. The van der Waals surface area contributed by atoms with E-state index in [0.717, 1.165) is 12.8 Å². The van der Waals surface area contributed by atoms with Gasteiger partial charge in [-0.15, -0.1) is 0 Å². The molecule has 1 fully saturated rings. The average Bonchev–Trinajstić information content (AvgIpc) is 3.08. The van der Waals surface area contributed by atoms with Gasteiger partial charge in [0.1, 0.15) is 0 Å². The Morgan fingerprint density at radius 3 is 3.12 bits per heavy atom. The molecule has 2 aromatic rings. The van der Waals surface area contributed by atoms with E-state index in [1.165, 1.54) is 12.3 Å². The van der Waals surface area contributed by atoms with Crippen LogP contribution in [0, 0.1) is 5.95 Å². The second-order valence-electron chi connectivity index (χ2n) is 3.90. The van der Waals surface area contributed by atoms with Crippen LogP contribution < -0.4 is 4.74 Å². The Morgan fingerprint density at radius 2 is 2.35 bits per heavy atom. The highest BCUT2D eigenvalue weighted by atomic mass is 19.1. The van der Waals surface area contributed by atoms with Crippen LogP contribution in [0.2, 0.25) is 0 Å². The number of nitrogens with zero attached hydrogens (tertiary/aromatic N) is 3. The van der Waals surface area contributed by atoms with Crippen molar-refractivity contribution >= 4 is 0 Å². The van der Waals surface area contributed by atoms with Gasteiger partial charge in [-0.05, 0) is 25.0 Å². The van der Waals surface area contributed by atoms with Crippen molar-refractivity contribution in [1.29, 1.82) is 0 Å². The lowest BCUT2D eigenvalue weighted by atomic mass is 10.4. The Kier molecular flexibility index (Phi) is 2.47. The fourth-order valence-corrected chi connectivity index (χ4v) is 1.44. The number of halogens is 1. The highest BCUT2D eigenvalue weighted by Crippen LogP contribution is 2.38. The molecule has 1 aliphatic rings. The monoisotopic (exact) mass is 235 g/mol. The first-order chi connectivity index (χ1) is 8.33. The molecule has 0 aliphatic heterocycles.